The van der Waals surface area contributed by atoms with Crippen LogP contribution in [0.2, 0.25) is 5.02 Å². The molecule has 130 valence electrons. The topological polar surface area (TPSA) is 54.9 Å². The summed E-state index contributed by atoms with van der Waals surface area (Å²) in [4.78, 5) is 0. The van der Waals surface area contributed by atoms with Gasteiger partial charge in [-0.2, -0.15) is 5.10 Å². The van der Waals surface area contributed by atoms with Crippen LogP contribution in [-0.2, 0) is 13.2 Å². The van der Waals surface area contributed by atoms with E-state index in [1.54, 1.807) is 10.7 Å². The van der Waals surface area contributed by atoms with Gasteiger partial charge in [-0.25, -0.2) is 9.07 Å². The van der Waals surface area contributed by atoms with Crippen molar-refractivity contribution in [3.05, 3.63) is 75.0 Å². The molecule has 0 spiro atoms. The van der Waals surface area contributed by atoms with Gasteiger partial charge in [-0.05, 0) is 49.0 Å². The molecule has 0 aliphatic rings. The van der Waals surface area contributed by atoms with E-state index < -0.39 is 0 Å². The molecular weight excluding hydrogens is 363 g/mol. The molecular formula is C17H16ClFN4OS. The van der Waals surface area contributed by atoms with Crippen molar-refractivity contribution in [2.75, 3.05) is 5.43 Å². The summed E-state index contributed by atoms with van der Waals surface area (Å²) < 4.78 is 21.1. The standard InChI is InChI=1S/C17H16ClFN4OS/c1-11-21-22-17(25)23(11)20-9-12-3-2-4-15(7-12)24-10-13-5-6-14(19)8-16(13)18/h2-8,20H,9-10H2,1H3,(H,22,25). The number of hydrogen-bond donors (Lipinski definition) is 2. The van der Waals surface area contributed by atoms with Gasteiger partial charge in [0.2, 0.25) is 4.77 Å². The van der Waals surface area contributed by atoms with Crippen LogP contribution < -0.4 is 10.2 Å². The van der Waals surface area contributed by atoms with Gasteiger partial charge in [-0.3, -0.25) is 5.10 Å². The third kappa shape index (κ3) is 4.37. The molecule has 2 aromatic carbocycles. The Kier molecular flexibility index (Phi) is 5.35. The fourth-order valence-corrected chi connectivity index (χ4v) is 2.74. The van der Waals surface area contributed by atoms with Crippen molar-refractivity contribution in [3.8, 4) is 5.75 Å². The summed E-state index contributed by atoms with van der Waals surface area (Å²) in [6.07, 6.45) is 0. The van der Waals surface area contributed by atoms with Crippen LogP contribution in [0.3, 0.4) is 0 Å². The van der Waals surface area contributed by atoms with Gasteiger partial charge in [-0.1, -0.05) is 29.8 Å². The molecule has 3 aromatic rings. The summed E-state index contributed by atoms with van der Waals surface area (Å²) in [5.74, 6) is 1.09. The normalized spacial score (nSPS) is 10.7. The number of aromatic amines is 1. The number of benzene rings is 2. The Labute approximate surface area is 154 Å². The minimum absolute atomic E-state index is 0.266. The summed E-state index contributed by atoms with van der Waals surface area (Å²) in [7, 11) is 0. The van der Waals surface area contributed by atoms with Crippen molar-refractivity contribution in [1.82, 2.24) is 14.9 Å². The highest BCUT2D eigenvalue weighted by Crippen LogP contribution is 2.20. The number of rotatable bonds is 6. The molecule has 5 nitrogen and oxygen atoms in total. The van der Waals surface area contributed by atoms with Crippen molar-refractivity contribution >= 4 is 23.8 Å². The molecule has 0 aliphatic heterocycles. The molecule has 1 aromatic heterocycles. The van der Waals surface area contributed by atoms with Crippen molar-refractivity contribution < 1.29 is 9.13 Å². The third-order valence-corrected chi connectivity index (χ3v) is 4.21. The Balaban J connectivity index is 1.64. The zero-order valence-electron chi connectivity index (χ0n) is 13.4. The molecule has 1 heterocycles. The van der Waals surface area contributed by atoms with Crippen LogP contribution in [-0.4, -0.2) is 14.9 Å². The van der Waals surface area contributed by atoms with Gasteiger partial charge in [0.1, 0.15) is 24.0 Å². The van der Waals surface area contributed by atoms with Gasteiger partial charge < -0.3 is 10.2 Å². The predicted molar refractivity (Wildman–Crippen MR) is 97.4 cm³/mol. The van der Waals surface area contributed by atoms with E-state index in [4.69, 9.17) is 28.6 Å². The molecule has 0 atom stereocenters. The highest BCUT2D eigenvalue weighted by atomic mass is 35.5. The average Bonchev–Trinajstić information content (AvgIpc) is 2.91. The molecule has 0 bridgehead atoms. The lowest BCUT2D eigenvalue weighted by molar-refractivity contribution is 0.306. The summed E-state index contributed by atoms with van der Waals surface area (Å²) in [6.45, 7) is 2.68. The van der Waals surface area contributed by atoms with Crippen LogP contribution >= 0.6 is 23.8 Å². The maximum atomic E-state index is 13.1. The second-order valence-corrected chi connectivity index (χ2v) is 6.21. The van der Waals surface area contributed by atoms with Crippen LogP contribution in [0.1, 0.15) is 17.0 Å². The molecule has 25 heavy (non-hydrogen) atoms. The monoisotopic (exact) mass is 378 g/mol. The summed E-state index contributed by atoms with van der Waals surface area (Å²) >= 11 is 11.2. The Morgan fingerprint density at radius 2 is 2.16 bits per heavy atom. The number of hydrogen-bond acceptors (Lipinski definition) is 4. The zero-order chi connectivity index (χ0) is 17.8. The maximum absolute atomic E-state index is 13.1. The van der Waals surface area contributed by atoms with Gasteiger partial charge in [0, 0.05) is 5.56 Å². The number of H-pyrrole nitrogens is 1. The molecule has 0 fully saturated rings. The van der Waals surface area contributed by atoms with E-state index in [2.05, 4.69) is 15.6 Å². The SMILES string of the molecule is Cc1n[nH]c(=S)n1NCc1cccc(OCc2ccc(F)cc2Cl)c1. The Bertz CT molecular complexity index is 940. The van der Waals surface area contributed by atoms with Gasteiger partial charge >= 0.3 is 0 Å². The minimum Gasteiger partial charge on any atom is -0.489 e. The molecule has 2 N–H and O–H groups in total. The van der Waals surface area contributed by atoms with Crippen molar-refractivity contribution in [1.29, 1.82) is 0 Å². The van der Waals surface area contributed by atoms with Crippen LogP contribution in [0.25, 0.3) is 0 Å². The molecule has 0 amide bonds. The van der Waals surface area contributed by atoms with Crippen molar-refractivity contribution in [3.63, 3.8) is 0 Å². The first-order chi connectivity index (χ1) is 12.0. The number of nitrogens with one attached hydrogen (secondary N) is 2. The first kappa shape index (κ1) is 17.4. The largest absolute Gasteiger partial charge is 0.489 e. The van der Waals surface area contributed by atoms with Gasteiger partial charge in [0.25, 0.3) is 0 Å². The lowest BCUT2D eigenvalue weighted by atomic mass is 10.2. The quantitative estimate of drug-likeness (QED) is 0.625. The molecule has 0 saturated carbocycles. The van der Waals surface area contributed by atoms with Crippen LogP contribution in [0.5, 0.6) is 5.75 Å². The zero-order valence-corrected chi connectivity index (χ0v) is 15.0. The smallest absolute Gasteiger partial charge is 0.214 e. The molecule has 0 aliphatic carbocycles. The highest BCUT2D eigenvalue weighted by molar-refractivity contribution is 7.71. The fourth-order valence-electron chi connectivity index (χ4n) is 2.28. The Morgan fingerprint density at radius 3 is 2.88 bits per heavy atom. The number of ether oxygens (including phenoxy) is 1. The Hall–Kier alpha value is -2.38. The van der Waals surface area contributed by atoms with E-state index in [1.807, 2.05) is 31.2 Å². The van der Waals surface area contributed by atoms with Crippen LogP contribution in [0.15, 0.2) is 42.5 Å². The first-order valence-electron chi connectivity index (χ1n) is 7.56. The molecule has 0 unspecified atom stereocenters. The van der Waals surface area contributed by atoms with E-state index in [-0.39, 0.29) is 12.4 Å². The van der Waals surface area contributed by atoms with Crippen molar-refractivity contribution in [2.45, 2.75) is 20.1 Å². The number of nitrogens with zero attached hydrogens (tertiary/aromatic N) is 2. The minimum atomic E-state index is -0.366. The Morgan fingerprint density at radius 1 is 1.32 bits per heavy atom. The molecule has 3 rings (SSSR count). The number of aryl methyl sites for hydroxylation is 1. The second kappa shape index (κ2) is 7.67. The van der Waals surface area contributed by atoms with Crippen molar-refractivity contribution in [2.24, 2.45) is 0 Å². The lowest BCUT2D eigenvalue weighted by Crippen LogP contribution is -2.16. The summed E-state index contributed by atoms with van der Waals surface area (Å²) in [5.41, 5.74) is 4.94. The first-order valence-corrected chi connectivity index (χ1v) is 8.35. The van der Waals surface area contributed by atoms with E-state index in [9.17, 15) is 4.39 Å². The van der Waals surface area contributed by atoms with Crippen LogP contribution in [0, 0.1) is 17.5 Å². The van der Waals surface area contributed by atoms with E-state index in [1.165, 1.54) is 12.1 Å². The van der Waals surface area contributed by atoms with E-state index >= 15 is 0 Å². The highest BCUT2D eigenvalue weighted by Gasteiger charge is 2.05. The van der Waals surface area contributed by atoms with Crippen LogP contribution in [0.4, 0.5) is 4.39 Å². The fraction of sp³-hybridized carbons (Fsp3) is 0.176. The number of halogens is 2. The molecule has 8 heteroatoms. The predicted octanol–water partition coefficient (Wildman–Crippen LogP) is 4.36. The molecule has 0 saturated heterocycles. The third-order valence-electron chi connectivity index (χ3n) is 3.59. The average molecular weight is 379 g/mol. The summed E-state index contributed by atoms with van der Waals surface area (Å²) in [6, 6.07) is 11.9. The van der Waals surface area contributed by atoms with Gasteiger partial charge in [0.05, 0.1) is 11.6 Å². The van der Waals surface area contributed by atoms with Gasteiger partial charge in [-0.15, -0.1) is 0 Å². The maximum Gasteiger partial charge on any atom is 0.214 e. The number of aromatic nitrogens is 3. The lowest BCUT2D eigenvalue weighted by Gasteiger charge is -2.11. The summed E-state index contributed by atoms with van der Waals surface area (Å²) in [5, 5.41) is 7.11. The van der Waals surface area contributed by atoms with Gasteiger partial charge in [0.15, 0.2) is 0 Å². The van der Waals surface area contributed by atoms with E-state index in [0.717, 1.165) is 17.0 Å². The molecule has 0 radical (unpaired) electrons. The second-order valence-electron chi connectivity index (χ2n) is 5.42. The van der Waals surface area contributed by atoms with E-state index in [0.29, 0.717) is 22.1 Å².